The molecular formula is C21H27FO3. The fourth-order valence-corrected chi connectivity index (χ4v) is 6.33. The molecule has 0 unspecified atom stereocenters. The number of carbonyl (C=O) groups is 2. The minimum atomic E-state index is -1.01. The molecule has 25 heavy (non-hydrogen) atoms. The zero-order valence-electron chi connectivity index (χ0n) is 15.3. The number of rotatable bonds is 1. The summed E-state index contributed by atoms with van der Waals surface area (Å²) in [4.78, 5) is 23.3. The molecule has 0 aromatic rings. The summed E-state index contributed by atoms with van der Waals surface area (Å²) in [6.07, 6.45) is 7.44. The van der Waals surface area contributed by atoms with Crippen molar-refractivity contribution < 1.29 is 18.7 Å². The van der Waals surface area contributed by atoms with Gasteiger partial charge in [0.2, 0.25) is 0 Å². The maximum absolute atomic E-state index is 15.5. The molecule has 0 bridgehead atoms. The Morgan fingerprint density at radius 3 is 2.76 bits per heavy atom. The normalized spacial score (nSPS) is 45.7. The van der Waals surface area contributed by atoms with Gasteiger partial charge in [-0.3, -0.25) is 9.59 Å². The van der Waals surface area contributed by atoms with Crippen LogP contribution < -0.4 is 0 Å². The van der Waals surface area contributed by atoms with Crippen molar-refractivity contribution in [1.29, 1.82) is 0 Å². The van der Waals surface area contributed by atoms with Gasteiger partial charge < -0.3 is 4.74 Å². The first kappa shape index (κ1) is 17.0. The number of allylic oxidation sites excluding steroid dienone is 4. The average Bonchev–Trinajstić information content (AvgIpc) is 2.87. The molecule has 0 N–H and O–H groups in total. The van der Waals surface area contributed by atoms with Gasteiger partial charge in [-0.25, -0.2) is 4.39 Å². The Kier molecular flexibility index (Phi) is 3.75. The van der Waals surface area contributed by atoms with Crippen LogP contribution in [0.1, 0.15) is 59.3 Å². The van der Waals surface area contributed by atoms with E-state index in [0.717, 1.165) is 25.7 Å². The molecule has 3 nitrogen and oxygen atoms in total. The van der Waals surface area contributed by atoms with Crippen molar-refractivity contribution in [2.24, 2.45) is 28.6 Å². The van der Waals surface area contributed by atoms with Crippen LogP contribution in [0.25, 0.3) is 0 Å². The second-order valence-corrected chi connectivity index (χ2v) is 8.85. The third kappa shape index (κ3) is 2.29. The summed E-state index contributed by atoms with van der Waals surface area (Å²) in [5.74, 6) is 1.29. The first-order chi connectivity index (χ1) is 11.8. The maximum Gasteiger partial charge on any atom is 0.307 e. The van der Waals surface area contributed by atoms with Crippen molar-refractivity contribution in [3.05, 3.63) is 23.5 Å². The smallest absolute Gasteiger partial charge is 0.307 e. The number of esters is 1. The van der Waals surface area contributed by atoms with Crippen molar-refractivity contribution in [3.8, 4) is 0 Å². The number of hydrogen-bond acceptors (Lipinski definition) is 3. The van der Waals surface area contributed by atoms with Crippen LogP contribution in [-0.2, 0) is 14.3 Å². The lowest BCUT2D eigenvalue weighted by molar-refractivity contribution is -0.143. The van der Waals surface area contributed by atoms with Gasteiger partial charge in [-0.2, -0.15) is 0 Å². The minimum absolute atomic E-state index is 0.0489. The van der Waals surface area contributed by atoms with E-state index in [1.54, 1.807) is 0 Å². The van der Waals surface area contributed by atoms with Crippen LogP contribution in [0.2, 0.25) is 0 Å². The van der Waals surface area contributed by atoms with E-state index < -0.39 is 11.6 Å². The highest BCUT2D eigenvalue weighted by molar-refractivity contribution is 5.91. The fraction of sp³-hybridized carbons (Fsp3) is 0.714. The number of ether oxygens (including phenoxy) is 1. The molecule has 0 spiro atoms. The molecule has 4 aliphatic rings. The van der Waals surface area contributed by atoms with Crippen LogP contribution in [0.4, 0.5) is 4.39 Å². The number of fused-ring (bicyclic) bond motifs is 5. The number of hydrogen-bond donors (Lipinski definition) is 0. The van der Waals surface area contributed by atoms with Crippen LogP contribution >= 0.6 is 0 Å². The van der Waals surface area contributed by atoms with Gasteiger partial charge in [-0.15, -0.1) is 0 Å². The maximum atomic E-state index is 15.5. The Bertz CT molecular complexity index is 693. The zero-order chi connectivity index (χ0) is 18.0. The molecule has 0 radical (unpaired) electrons. The zero-order valence-corrected chi connectivity index (χ0v) is 15.3. The molecule has 0 amide bonds. The third-order valence-corrected chi connectivity index (χ3v) is 7.78. The molecule has 0 heterocycles. The van der Waals surface area contributed by atoms with Gasteiger partial charge in [0, 0.05) is 13.3 Å². The van der Waals surface area contributed by atoms with E-state index in [1.807, 2.05) is 19.1 Å². The van der Waals surface area contributed by atoms with Crippen molar-refractivity contribution in [2.45, 2.75) is 65.5 Å². The lowest BCUT2D eigenvalue weighted by Gasteiger charge is -2.58. The van der Waals surface area contributed by atoms with Crippen LogP contribution in [0.3, 0.4) is 0 Å². The molecule has 0 aromatic heterocycles. The fourth-order valence-electron chi connectivity index (χ4n) is 6.33. The highest BCUT2D eigenvalue weighted by atomic mass is 19.1. The van der Waals surface area contributed by atoms with Crippen molar-refractivity contribution in [3.63, 3.8) is 0 Å². The largest absolute Gasteiger partial charge is 0.431 e. The standard InChI is InChI=1S/C21H27FO3/c1-12(23)25-19-7-6-16-15-5-4-13-10-14(24)8-9-20(13,2)17(15)11-18(22)21(16,19)3/h7,10,15-18H,4-6,8-9,11H2,1-3H3/t15-,16-,17-,18-,20-,21+/m0/s1. The quantitative estimate of drug-likeness (QED) is 0.656. The Hall–Kier alpha value is -1.45. The van der Waals surface area contributed by atoms with Gasteiger partial charge in [-0.1, -0.05) is 12.5 Å². The van der Waals surface area contributed by atoms with Gasteiger partial charge in [0.1, 0.15) is 11.9 Å². The minimum Gasteiger partial charge on any atom is -0.431 e. The predicted molar refractivity (Wildman–Crippen MR) is 92.2 cm³/mol. The summed E-state index contributed by atoms with van der Waals surface area (Å²) in [5, 5.41) is 0. The SMILES string of the molecule is CC(=O)OC1=CC[C@H]2[C@@H]3CCC4=CC(=O)CC[C@]4(C)[C@H]3C[C@H](F)[C@]12C. The molecule has 4 rings (SSSR count). The highest BCUT2D eigenvalue weighted by Crippen LogP contribution is 2.66. The highest BCUT2D eigenvalue weighted by Gasteiger charge is 2.62. The van der Waals surface area contributed by atoms with Gasteiger partial charge in [0.15, 0.2) is 5.78 Å². The van der Waals surface area contributed by atoms with Crippen LogP contribution in [-0.4, -0.2) is 17.9 Å². The second kappa shape index (κ2) is 5.52. The summed E-state index contributed by atoms with van der Waals surface area (Å²) >= 11 is 0. The summed E-state index contributed by atoms with van der Waals surface area (Å²) in [7, 11) is 0. The predicted octanol–water partition coefficient (Wildman–Crippen LogP) is 4.52. The van der Waals surface area contributed by atoms with Gasteiger partial charge >= 0.3 is 5.97 Å². The molecular weight excluding hydrogens is 319 g/mol. The lowest BCUT2D eigenvalue weighted by atomic mass is 9.47. The molecule has 0 aromatic carbocycles. The lowest BCUT2D eigenvalue weighted by Crippen LogP contribution is -2.54. The monoisotopic (exact) mass is 346 g/mol. The molecule has 0 aliphatic heterocycles. The van der Waals surface area contributed by atoms with Crippen LogP contribution in [0.5, 0.6) is 0 Å². The van der Waals surface area contributed by atoms with Crippen molar-refractivity contribution in [1.82, 2.24) is 0 Å². The molecule has 4 heteroatoms. The number of halogens is 1. The van der Waals surface area contributed by atoms with Gasteiger partial charge in [-0.05, 0) is 74.3 Å². The molecule has 6 atom stereocenters. The van der Waals surface area contributed by atoms with Crippen LogP contribution in [0, 0.1) is 28.6 Å². The molecule has 2 saturated carbocycles. The summed E-state index contributed by atoms with van der Waals surface area (Å²) in [5.41, 5.74) is 0.508. The third-order valence-electron chi connectivity index (χ3n) is 7.78. The van der Waals surface area contributed by atoms with Crippen molar-refractivity contribution in [2.75, 3.05) is 0 Å². The topological polar surface area (TPSA) is 43.4 Å². The Balaban J connectivity index is 1.68. The number of ketones is 1. The van der Waals surface area contributed by atoms with E-state index >= 15 is 4.39 Å². The average molecular weight is 346 g/mol. The summed E-state index contributed by atoms with van der Waals surface area (Å²) in [6.45, 7) is 5.57. The van der Waals surface area contributed by atoms with Gasteiger partial charge in [0.05, 0.1) is 5.41 Å². The molecule has 136 valence electrons. The Labute approximate surface area is 148 Å². The first-order valence-corrected chi connectivity index (χ1v) is 9.54. The summed E-state index contributed by atoms with van der Waals surface area (Å²) in [6, 6.07) is 0. The first-order valence-electron chi connectivity index (χ1n) is 9.54. The van der Waals surface area contributed by atoms with Gasteiger partial charge in [0.25, 0.3) is 0 Å². The molecule has 0 saturated heterocycles. The van der Waals surface area contributed by atoms with E-state index in [4.69, 9.17) is 4.74 Å². The van der Waals surface area contributed by atoms with E-state index in [0.29, 0.717) is 24.5 Å². The number of carbonyl (C=O) groups excluding carboxylic acids is 2. The van der Waals surface area contributed by atoms with E-state index in [-0.39, 0.29) is 29.0 Å². The van der Waals surface area contributed by atoms with E-state index in [2.05, 4.69) is 6.92 Å². The number of alkyl halides is 1. The van der Waals surface area contributed by atoms with Crippen LogP contribution in [0.15, 0.2) is 23.5 Å². The summed E-state index contributed by atoms with van der Waals surface area (Å²) < 4.78 is 20.9. The Morgan fingerprint density at radius 2 is 2.04 bits per heavy atom. The van der Waals surface area contributed by atoms with E-state index in [1.165, 1.54) is 12.5 Å². The molecule has 4 aliphatic carbocycles. The molecule has 2 fully saturated rings. The Morgan fingerprint density at radius 1 is 1.28 bits per heavy atom. The second-order valence-electron chi connectivity index (χ2n) is 8.85. The van der Waals surface area contributed by atoms with E-state index in [9.17, 15) is 9.59 Å². The van der Waals surface area contributed by atoms with Crippen molar-refractivity contribution >= 4 is 11.8 Å².